The van der Waals surface area contributed by atoms with Gasteiger partial charge in [-0.15, -0.1) is 0 Å². The first-order valence-electron chi connectivity index (χ1n) is 7.88. The molecule has 0 bridgehead atoms. The molecule has 0 radical (unpaired) electrons. The van der Waals surface area contributed by atoms with Gasteiger partial charge in [0.25, 0.3) is 0 Å². The summed E-state index contributed by atoms with van der Waals surface area (Å²) in [4.78, 5) is 22.8. The van der Waals surface area contributed by atoms with E-state index in [1.54, 1.807) is 0 Å². The van der Waals surface area contributed by atoms with Gasteiger partial charge in [-0.3, -0.25) is 9.59 Å². The molecule has 5 heteroatoms. The minimum atomic E-state index is -0.826. The van der Waals surface area contributed by atoms with Gasteiger partial charge >= 0.3 is 5.97 Å². The van der Waals surface area contributed by atoms with Crippen LogP contribution in [-0.2, 0) is 9.59 Å². The van der Waals surface area contributed by atoms with E-state index in [2.05, 4.69) is 21.2 Å². The Morgan fingerprint density at radius 2 is 1.50 bits per heavy atom. The Labute approximate surface area is 150 Å². The number of hydrogen-bond donors (Lipinski definition) is 2. The van der Waals surface area contributed by atoms with Crippen molar-refractivity contribution in [3.05, 3.63) is 70.2 Å². The number of amides is 1. The Kier molecular flexibility index (Phi) is 7.00. The maximum atomic E-state index is 12.2. The first kappa shape index (κ1) is 18.2. The maximum absolute atomic E-state index is 12.2. The molecule has 4 nitrogen and oxygen atoms in total. The quantitative estimate of drug-likeness (QED) is 0.661. The fourth-order valence-electron chi connectivity index (χ4n) is 2.45. The van der Waals surface area contributed by atoms with E-state index in [-0.39, 0.29) is 18.4 Å². The number of carboxylic acid groups (broad SMARTS) is 1. The monoisotopic (exact) mass is 389 g/mol. The van der Waals surface area contributed by atoms with E-state index in [1.165, 1.54) is 0 Å². The van der Waals surface area contributed by atoms with Crippen LogP contribution in [0.3, 0.4) is 0 Å². The lowest BCUT2D eigenvalue weighted by molar-refractivity contribution is -0.137. The molecule has 126 valence electrons. The van der Waals surface area contributed by atoms with Gasteiger partial charge < -0.3 is 10.4 Å². The van der Waals surface area contributed by atoms with Crippen molar-refractivity contribution in [1.82, 2.24) is 5.32 Å². The summed E-state index contributed by atoms with van der Waals surface area (Å²) >= 11 is 3.42. The van der Waals surface area contributed by atoms with E-state index in [0.717, 1.165) is 15.6 Å². The van der Waals surface area contributed by atoms with Crippen molar-refractivity contribution < 1.29 is 14.7 Å². The fraction of sp³-hybridized carbons (Fsp3) is 0.263. The van der Waals surface area contributed by atoms with E-state index < -0.39 is 5.97 Å². The minimum absolute atomic E-state index is 0.0721. The summed E-state index contributed by atoms with van der Waals surface area (Å²) in [5.74, 6) is -0.899. The van der Waals surface area contributed by atoms with E-state index in [1.807, 2.05) is 54.6 Å². The second-order valence-corrected chi connectivity index (χ2v) is 6.48. The molecule has 2 aromatic rings. The lowest BCUT2D eigenvalue weighted by atomic mass is 9.98. The van der Waals surface area contributed by atoms with Crippen LogP contribution in [0.2, 0.25) is 0 Å². The molecule has 24 heavy (non-hydrogen) atoms. The average molecular weight is 390 g/mol. The summed E-state index contributed by atoms with van der Waals surface area (Å²) in [6.07, 6.45) is 1.51. The number of halogens is 1. The van der Waals surface area contributed by atoms with Crippen molar-refractivity contribution in [2.24, 2.45) is 0 Å². The van der Waals surface area contributed by atoms with Crippen molar-refractivity contribution in [2.75, 3.05) is 0 Å². The molecule has 1 unspecified atom stereocenters. The summed E-state index contributed by atoms with van der Waals surface area (Å²) in [6.45, 7) is 0. The van der Waals surface area contributed by atoms with Crippen molar-refractivity contribution in [3.8, 4) is 0 Å². The molecular weight excluding hydrogens is 370 g/mol. The summed E-state index contributed by atoms with van der Waals surface area (Å²) < 4.78 is 0.984. The highest BCUT2D eigenvalue weighted by Gasteiger charge is 2.16. The molecule has 0 aliphatic rings. The average Bonchev–Trinajstić information content (AvgIpc) is 2.58. The SMILES string of the molecule is O=C(O)CCCCC(=O)NC(c1ccccc1)c1ccc(Br)cc1. The molecule has 0 aliphatic carbocycles. The van der Waals surface area contributed by atoms with Crippen molar-refractivity contribution in [1.29, 1.82) is 0 Å². The number of hydrogen-bond acceptors (Lipinski definition) is 2. The van der Waals surface area contributed by atoms with Crippen LogP contribution < -0.4 is 5.32 Å². The molecule has 1 amide bonds. The molecule has 0 spiro atoms. The molecule has 0 aliphatic heterocycles. The Bertz CT molecular complexity index is 671. The predicted molar refractivity (Wildman–Crippen MR) is 96.7 cm³/mol. The molecule has 2 N–H and O–H groups in total. The van der Waals surface area contributed by atoms with Crippen LogP contribution in [-0.4, -0.2) is 17.0 Å². The zero-order chi connectivity index (χ0) is 17.4. The van der Waals surface area contributed by atoms with Crippen molar-refractivity contribution >= 4 is 27.8 Å². The lowest BCUT2D eigenvalue weighted by Gasteiger charge is -2.20. The van der Waals surface area contributed by atoms with Crippen LogP contribution >= 0.6 is 15.9 Å². The van der Waals surface area contributed by atoms with Gasteiger partial charge in [0, 0.05) is 17.3 Å². The van der Waals surface area contributed by atoms with E-state index in [9.17, 15) is 9.59 Å². The van der Waals surface area contributed by atoms with E-state index in [4.69, 9.17) is 5.11 Å². The lowest BCUT2D eigenvalue weighted by Crippen LogP contribution is -2.29. The highest BCUT2D eigenvalue weighted by Crippen LogP contribution is 2.24. The third kappa shape index (κ3) is 5.81. The Morgan fingerprint density at radius 1 is 0.917 bits per heavy atom. The normalized spacial score (nSPS) is 11.7. The van der Waals surface area contributed by atoms with Gasteiger partial charge in [0.05, 0.1) is 6.04 Å². The Hall–Kier alpha value is -2.14. The van der Waals surface area contributed by atoms with E-state index >= 15 is 0 Å². The number of rotatable bonds is 8. The number of carbonyl (C=O) groups excluding carboxylic acids is 1. The smallest absolute Gasteiger partial charge is 0.303 e. The van der Waals surface area contributed by atoms with E-state index in [0.29, 0.717) is 19.3 Å². The van der Waals surface area contributed by atoms with Crippen LogP contribution in [0.25, 0.3) is 0 Å². The molecule has 2 rings (SSSR count). The summed E-state index contributed by atoms with van der Waals surface area (Å²) in [5.41, 5.74) is 2.02. The largest absolute Gasteiger partial charge is 0.481 e. The maximum Gasteiger partial charge on any atom is 0.303 e. The Morgan fingerprint density at radius 3 is 2.12 bits per heavy atom. The van der Waals surface area contributed by atoms with Crippen molar-refractivity contribution in [3.63, 3.8) is 0 Å². The topological polar surface area (TPSA) is 66.4 Å². The summed E-state index contributed by atoms with van der Waals surface area (Å²) in [6, 6.07) is 17.4. The standard InChI is InChI=1S/C19H20BrNO3/c20-16-12-10-15(11-13-16)19(14-6-2-1-3-7-14)21-17(22)8-4-5-9-18(23)24/h1-3,6-7,10-13,19H,4-5,8-9H2,(H,21,22)(H,23,24). The Balaban J connectivity index is 2.05. The number of benzene rings is 2. The highest BCUT2D eigenvalue weighted by atomic mass is 79.9. The van der Waals surface area contributed by atoms with Gasteiger partial charge in [-0.05, 0) is 36.1 Å². The molecule has 0 fully saturated rings. The molecule has 0 saturated carbocycles. The van der Waals surface area contributed by atoms with Crippen LogP contribution in [0, 0.1) is 0 Å². The summed E-state index contributed by atoms with van der Waals surface area (Å²) in [7, 11) is 0. The second-order valence-electron chi connectivity index (χ2n) is 5.56. The molecule has 2 aromatic carbocycles. The van der Waals surface area contributed by atoms with Crippen LogP contribution in [0.1, 0.15) is 42.9 Å². The van der Waals surface area contributed by atoms with Gasteiger partial charge in [0.1, 0.15) is 0 Å². The van der Waals surface area contributed by atoms with Crippen LogP contribution in [0.4, 0.5) is 0 Å². The minimum Gasteiger partial charge on any atom is -0.481 e. The first-order valence-corrected chi connectivity index (χ1v) is 8.67. The van der Waals surface area contributed by atoms with Gasteiger partial charge in [0.15, 0.2) is 0 Å². The van der Waals surface area contributed by atoms with Gasteiger partial charge in [-0.2, -0.15) is 0 Å². The first-order chi connectivity index (χ1) is 11.6. The van der Waals surface area contributed by atoms with Crippen molar-refractivity contribution in [2.45, 2.75) is 31.7 Å². The summed E-state index contributed by atoms with van der Waals surface area (Å²) in [5, 5.41) is 11.7. The zero-order valence-electron chi connectivity index (χ0n) is 13.2. The molecule has 0 heterocycles. The number of unbranched alkanes of at least 4 members (excludes halogenated alkanes) is 1. The molecule has 1 atom stereocenters. The van der Waals surface area contributed by atoms with Crippen LogP contribution in [0.5, 0.6) is 0 Å². The number of carbonyl (C=O) groups is 2. The van der Waals surface area contributed by atoms with Gasteiger partial charge in [-0.1, -0.05) is 58.4 Å². The van der Waals surface area contributed by atoms with Crippen LogP contribution in [0.15, 0.2) is 59.1 Å². The third-order valence-electron chi connectivity index (χ3n) is 3.69. The third-order valence-corrected chi connectivity index (χ3v) is 4.21. The highest BCUT2D eigenvalue weighted by molar-refractivity contribution is 9.10. The zero-order valence-corrected chi connectivity index (χ0v) is 14.8. The van der Waals surface area contributed by atoms with Gasteiger partial charge in [0.2, 0.25) is 5.91 Å². The molecular formula is C19H20BrNO3. The van der Waals surface area contributed by atoms with Gasteiger partial charge in [-0.25, -0.2) is 0 Å². The number of carboxylic acids is 1. The number of aliphatic carboxylic acids is 1. The predicted octanol–water partition coefficient (Wildman–Crippen LogP) is 4.30. The fourth-order valence-corrected chi connectivity index (χ4v) is 2.72. The molecule has 0 aromatic heterocycles. The number of nitrogens with one attached hydrogen (secondary N) is 1. The second kappa shape index (κ2) is 9.23. The molecule has 0 saturated heterocycles.